The molecule has 0 saturated heterocycles. The van der Waals surface area contributed by atoms with Gasteiger partial charge in [0.2, 0.25) is 0 Å². The highest BCUT2D eigenvalue weighted by molar-refractivity contribution is 5.93. The van der Waals surface area contributed by atoms with Crippen LogP contribution in [0.1, 0.15) is 29.1 Å². The van der Waals surface area contributed by atoms with E-state index in [-0.39, 0.29) is 18.4 Å². The average molecular weight is 354 g/mol. The number of aryl methyl sites for hydroxylation is 2. The molecule has 2 amide bonds. The maximum absolute atomic E-state index is 14.4. The van der Waals surface area contributed by atoms with E-state index in [9.17, 15) is 9.18 Å². The van der Waals surface area contributed by atoms with Gasteiger partial charge in [-0.1, -0.05) is 6.07 Å². The van der Waals surface area contributed by atoms with Crippen LogP contribution in [0.25, 0.3) is 5.65 Å². The molecule has 2 aromatic heterocycles. The number of nitrogens with zero attached hydrogens (tertiary/aromatic N) is 5. The van der Waals surface area contributed by atoms with Gasteiger partial charge in [-0.3, -0.25) is 4.90 Å². The number of amides is 2. The van der Waals surface area contributed by atoms with Gasteiger partial charge in [-0.25, -0.2) is 9.18 Å². The second-order valence-corrected chi connectivity index (χ2v) is 6.47. The smallest absolute Gasteiger partial charge is 0.322 e. The van der Waals surface area contributed by atoms with Crippen molar-refractivity contribution in [1.82, 2.24) is 25.1 Å². The van der Waals surface area contributed by atoms with Gasteiger partial charge < -0.3 is 5.32 Å². The molecule has 0 spiro atoms. The largest absolute Gasteiger partial charge is 0.330 e. The summed E-state index contributed by atoms with van der Waals surface area (Å²) in [4.78, 5) is 14.2. The minimum atomic E-state index is -0.370. The first-order chi connectivity index (χ1) is 12.5. The Kier molecular flexibility index (Phi) is 4.02. The topological polar surface area (TPSA) is 75.4 Å². The van der Waals surface area contributed by atoms with E-state index in [1.165, 1.54) is 11.0 Å². The van der Waals surface area contributed by atoms with E-state index >= 15 is 0 Å². The molecule has 0 saturated carbocycles. The number of benzene rings is 1. The first-order valence-electron chi connectivity index (χ1n) is 8.56. The molecule has 4 rings (SSSR count). The minimum absolute atomic E-state index is 0.162. The summed E-state index contributed by atoms with van der Waals surface area (Å²) >= 11 is 0. The lowest BCUT2D eigenvalue weighted by Crippen LogP contribution is -2.43. The molecule has 8 heteroatoms. The van der Waals surface area contributed by atoms with Crippen LogP contribution in [0.4, 0.5) is 14.9 Å². The number of rotatable bonds is 2. The summed E-state index contributed by atoms with van der Waals surface area (Å²) in [5.74, 6) is 0.157. The molecule has 0 radical (unpaired) electrons. The fourth-order valence-corrected chi connectivity index (χ4v) is 3.33. The number of hydrogen-bond donors (Lipinski definition) is 1. The summed E-state index contributed by atoms with van der Waals surface area (Å²) in [6, 6.07) is 6.49. The van der Waals surface area contributed by atoms with Gasteiger partial charge in [-0.2, -0.15) is 9.61 Å². The van der Waals surface area contributed by atoms with Gasteiger partial charge in [0.25, 0.3) is 0 Å². The lowest BCUT2D eigenvalue weighted by Gasteiger charge is -2.30. The van der Waals surface area contributed by atoms with E-state index in [2.05, 4.69) is 20.6 Å². The molecule has 26 heavy (non-hydrogen) atoms. The highest BCUT2D eigenvalue weighted by atomic mass is 19.1. The van der Waals surface area contributed by atoms with E-state index in [1.807, 2.05) is 26.0 Å². The van der Waals surface area contributed by atoms with Gasteiger partial charge in [0.1, 0.15) is 5.82 Å². The normalized spacial score (nSPS) is 13.7. The van der Waals surface area contributed by atoms with Crippen molar-refractivity contribution in [3.05, 3.63) is 52.7 Å². The lowest BCUT2D eigenvalue weighted by molar-refractivity contribution is 0.245. The number of carbonyl (C=O) groups is 1. The molecule has 0 aliphatic carbocycles. The van der Waals surface area contributed by atoms with E-state index in [0.717, 1.165) is 29.7 Å². The van der Waals surface area contributed by atoms with Crippen LogP contribution in [0.5, 0.6) is 0 Å². The number of carbonyl (C=O) groups excluding carboxylic acids is 1. The Labute approximate surface area is 149 Å². The van der Waals surface area contributed by atoms with E-state index < -0.39 is 0 Å². The Morgan fingerprint density at radius 2 is 2.08 bits per heavy atom. The molecule has 1 aliphatic rings. The van der Waals surface area contributed by atoms with Crippen LogP contribution in [0.3, 0.4) is 0 Å². The average Bonchev–Trinajstić information content (AvgIpc) is 3.04. The van der Waals surface area contributed by atoms with Gasteiger partial charge >= 0.3 is 6.03 Å². The fourth-order valence-electron chi connectivity index (χ4n) is 3.33. The van der Waals surface area contributed by atoms with E-state index in [4.69, 9.17) is 0 Å². The second-order valence-electron chi connectivity index (χ2n) is 6.47. The number of halogens is 1. The highest BCUT2D eigenvalue weighted by Gasteiger charge is 2.27. The quantitative estimate of drug-likeness (QED) is 0.767. The molecular weight excluding hydrogens is 335 g/mol. The van der Waals surface area contributed by atoms with Crippen molar-refractivity contribution in [2.45, 2.75) is 33.2 Å². The van der Waals surface area contributed by atoms with Crippen molar-refractivity contribution in [3.63, 3.8) is 0 Å². The molecule has 3 aromatic rings. The zero-order chi connectivity index (χ0) is 18.3. The summed E-state index contributed by atoms with van der Waals surface area (Å²) < 4.78 is 16.0. The molecule has 0 bridgehead atoms. The molecule has 0 atom stereocenters. The molecule has 3 heterocycles. The fraction of sp³-hybridized carbons (Fsp3) is 0.333. The second kappa shape index (κ2) is 6.36. The maximum atomic E-state index is 14.4. The number of anilines is 1. The highest BCUT2D eigenvalue weighted by Crippen LogP contribution is 2.32. The summed E-state index contributed by atoms with van der Waals surface area (Å²) in [6.07, 6.45) is 1.58. The summed E-state index contributed by atoms with van der Waals surface area (Å²) in [5, 5.41) is 15.3. The Balaban J connectivity index is 1.56. The molecule has 134 valence electrons. The third kappa shape index (κ3) is 2.77. The lowest BCUT2D eigenvalue weighted by atomic mass is 9.97. The summed E-state index contributed by atoms with van der Waals surface area (Å²) in [6.45, 7) is 4.46. The Morgan fingerprint density at radius 3 is 2.92 bits per heavy atom. The number of aromatic nitrogens is 4. The van der Waals surface area contributed by atoms with Crippen molar-refractivity contribution in [3.8, 4) is 0 Å². The number of fused-ring (bicyclic) bond motifs is 2. The van der Waals surface area contributed by atoms with Crippen LogP contribution in [0.15, 0.2) is 24.3 Å². The monoisotopic (exact) mass is 354 g/mol. The molecular formula is C18H19FN6O. The van der Waals surface area contributed by atoms with Gasteiger partial charge in [-0.15, -0.1) is 10.2 Å². The summed E-state index contributed by atoms with van der Waals surface area (Å²) in [7, 11) is 0. The van der Waals surface area contributed by atoms with Crippen molar-refractivity contribution in [1.29, 1.82) is 0 Å². The first kappa shape index (κ1) is 16.4. The number of hydrogen-bond acceptors (Lipinski definition) is 4. The standard InChI is InChI=1S/C18H19FN6O/c1-11-5-7-14(19)17-13(11)4-3-9-24(17)18(26)20-10-16-22-21-15-8-6-12(2)23-25(15)16/h5-8H,3-4,9-10H2,1-2H3,(H,20,26). The molecule has 7 nitrogen and oxygen atoms in total. The van der Waals surface area contributed by atoms with Crippen LogP contribution >= 0.6 is 0 Å². The zero-order valence-electron chi connectivity index (χ0n) is 14.7. The van der Waals surface area contributed by atoms with Crippen molar-refractivity contribution < 1.29 is 9.18 Å². The molecule has 1 aromatic carbocycles. The number of nitrogens with one attached hydrogen (secondary N) is 1. The van der Waals surface area contributed by atoms with Gasteiger partial charge in [0, 0.05) is 6.54 Å². The first-order valence-corrected chi connectivity index (χ1v) is 8.56. The van der Waals surface area contributed by atoms with Crippen LogP contribution in [0, 0.1) is 19.7 Å². The van der Waals surface area contributed by atoms with E-state index in [1.54, 1.807) is 10.6 Å². The molecule has 0 unspecified atom stereocenters. The van der Waals surface area contributed by atoms with Crippen LogP contribution < -0.4 is 10.2 Å². The molecule has 1 aliphatic heterocycles. The third-order valence-corrected chi connectivity index (χ3v) is 4.65. The Hall–Kier alpha value is -3.03. The molecule has 0 fully saturated rings. The van der Waals surface area contributed by atoms with Crippen molar-refractivity contribution in [2.24, 2.45) is 0 Å². The third-order valence-electron chi connectivity index (χ3n) is 4.65. The zero-order valence-corrected chi connectivity index (χ0v) is 14.7. The van der Waals surface area contributed by atoms with Gasteiger partial charge in [0.05, 0.1) is 17.9 Å². The predicted molar refractivity (Wildman–Crippen MR) is 94.6 cm³/mol. The van der Waals surface area contributed by atoms with Gasteiger partial charge in [0.15, 0.2) is 11.5 Å². The summed E-state index contributed by atoms with van der Waals surface area (Å²) in [5.41, 5.74) is 3.73. The van der Waals surface area contributed by atoms with Crippen LogP contribution in [-0.4, -0.2) is 32.4 Å². The van der Waals surface area contributed by atoms with E-state index in [0.29, 0.717) is 23.7 Å². The Morgan fingerprint density at radius 1 is 1.23 bits per heavy atom. The van der Waals surface area contributed by atoms with Gasteiger partial charge in [-0.05, 0) is 56.0 Å². The SMILES string of the molecule is Cc1ccc2nnc(CNC(=O)N3CCCc4c(C)ccc(F)c43)n2n1. The predicted octanol–water partition coefficient (Wildman–Crippen LogP) is 2.54. The minimum Gasteiger partial charge on any atom is -0.330 e. The van der Waals surface area contributed by atoms with Crippen LogP contribution in [0.2, 0.25) is 0 Å². The molecule has 1 N–H and O–H groups in total. The van der Waals surface area contributed by atoms with Crippen molar-refractivity contribution in [2.75, 3.05) is 11.4 Å². The van der Waals surface area contributed by atoms with Crippen molar-refractivity contribution >= 4 is 17.4 Å². The maximum Gasteiger partial charge on any atom is 0.322 e. The number of urea groups is 1. The van der Waals surface area contributed by atoms with Crippen LogP contribution in [-0.2, 0) is 13.0 Å². The Bertz CT molecular complexity index is 999.